The van der Waals surface area contributed by atoms with Gasteiger partial charge in [0.25, 0.3) is 0 Å². The Kier molecular flexibility index (Phi) is 4.56. The summed E-state index contributed by atoms with van der Waals surface area (Å²) in [6, 6.07) is 9.12. The van der Waals surface area contributed by atoms with Crippen molar-refractivity contribution in [3.63, 3.8) is 0 Å². The Morgan fingerprint density at radius 2 is 2.24 bits per heavy atom. The van der Waals surface area contributed by atoms with E-state index in [0.717, 1.165) is 24.4 Å². The summed E-state index contributed by atoms with van der Waals surface area (Å²) in [6.45, 7) is 3.08. The molecule has 0 amide bonds. The maximum absolute atomic E-state index is 5.29. The largest absolute Gasteiger partial charge is 0.497 e. The quantitative estimate of drug-likeness (QED) is 0.886. The van der Waals surface area contributed by atoms with E-state index >= 15 is 0 Å². The van der Waals surface area contributed by atoms with E-state index in [1.165, 1.54) is 23.4 Å². The highest BCUT2D eigenvalue weighted by molar-refractivity contribution is 7.09. The fourth-order valence-corrected chi connectivity index (χ4v) is 3.63. The van der Waals surface area contributed by atoms with Crippen LogP contribution in [0.25, 0.3) is 0 Å². The molecular weight excluding hydrogens is 280 g/mol. The zero-order valence-electron chi connectivity index (χ0n) is 12.6. The van der Waals surface area contributed by atoms with Gasteiger partial charge < -0.3 is 10.1 Å². The predicted molar refractivity (Wildman–Crippen MR) is 87.3 cm³/mol. The van der Waals surface area contributed by atoms with E-state index < -0.39 is 0 Å². The highest BCUT2D eigenvalue weighted by Crippen LogP contribution is 2.37. The molecule has 1 fully saturated rings. The third-order valence-corrected chi connectivity index (χ3v) is 5.17. The molecular formula is C17H22N2OS. The summed E-state index contributed by atoms with van der Waals surface area (Å²) < 4.78 is 5.29. The predicted octanol–water partition coefficient (Wildman–Crippen LogP) is 3.54. The summed E-state index contributed by atoms with van der Waals surface area (Å²) in [5, 5.41) is 7.00. The van der Waals surface area contributed by atoms with E-state index in [1.54, 1.807) is 18.4 Å². The van der Waals surface area contributed by atoms with Crippen molar-refractivity contribution < 1.29 is 4.74 Å². The van der Waals surface area contributed by atoms with Crippen molar-refractivity contribution in [3.05, 3.63) is 45.9 Å². The second-order valence-corrected chi connectivity index (χ2v) is 6.67. The van der Waals surface area contributed by atoms with Crippen LogP contribution in [0.4, 0.5) is 0 Å². The molecule has 21 heavy (non-hydrogen) atoms. The van der Waals surface area contributed by atoms with Crippen molar-refractivity contribution in [1.29, 1.82) is 0 Å². The number of benzene rings is 1. The van der Waals surface area contributed by atoms with E-state index in [-0.39, 0.29) is 0 Å². The molecule has 4 heteroatoms. The normalized spacial score (nSPS) is 21.0. The first-order chi connectivity index (χ1) is 10.2. The minimum Gasteiger partial charge on any atom is -0.497 e. The van der Waals surface area contributed by atoms with E-state index in [2.05, 4.69) is 40.8 Å². The molecule has 3 rings (SSSR count). The van der Waals surface area contributed by atoms with Crippen LogP contribution in [0.5, 0.6) is 5.75 Å². The van der Waals surface area contributed by atoms with Crippen LogP contribution >= 0.6 is 11.3 Å². The fraction of sp³-hybridized carbons (Fsp3) is 0.471. The first-order valence-corrected chi connectivity index (χ1v) is 8.41. The summed E-state index contributed by atoms with van der Waals surface area (Å²) in [5.74, 6) is 1.64. The lowest BCUT2D eigenvalue weighted by atomic mass is 9.76. The van der Waals surface area contributed by atoms with Gasteiger partial charge >= 0.3 is 0 Å². The van der Waals surface area contributed by atoms with Gasteiger partial charge in [0.05, 0.1) is 12.1 Å². The monoisotopic (exact) mass is 302 g/mol. The minimum absolute atomic E-state index is 0.655. The average Bonchev–Trinajstić information content (AvgIpc) is 2.87. The van der Waals surface area contributed by atoms with Gasteiger partial charge in [0.1, 0.15) is 5.75 Å². The molecule has 1 aliphatic carbocycles. The SMILES string of the molecule is COc1cccc(C2CC(NCCc3nc(C)cs3)C2)c1. The molecule has 1 aromatic heterocycles. The van der Waals surface area contributed by atoms with E-state index in [0.29, 0.717) is 12.0 Å². The Morgan fingerprint density at radius 1 is 1.38 bits per heavy atom. The number of rotatable bonds is 6. The maximum Gasteiger partial charge on any atom is 0.119 e. The molecule has 2 aromatic rings. The van der Waals surface area contributed by atoms with Gasteiger partial charge in [0.2, 0.25) is 0 Å². The van der Waals surface area contributed by atoms with Crippen LogP contribution in [0.1, 0.15) is 35.0 Å². The van der Waals surface area contributed by atoms with Crippen LogP contribution in [0.2, 0.25) is 0 Å². The van der Waals surface area contributed by atoms with Gasteiger partial charge in [-0.25, -0.2) is 4.98 Å². The number of aryl methyl sites for hydroxylation is 1. The van der Waals surface area contributed by atoms with Gasteiger partial charge in [-0.15, -0.1) is 11.3 Å². The Labute approximate surface area is 130 Å². The van der Waals surface area contributed by atoms with Crippen LogP contribution < -0.4 is 10.1 Å². The van der Waals surface area contributed by atoms with Crippen molar-refractivity contribution in [2.75, 3.05) is 13.7 Å². The first-order valence-electron chi connectivity index (χ1n) is 7.53. The maximum atomic E-state index is 5.29. The molecule has 0 aliphatic heterocycles. The first kappa shape index (κ1) is 14.5. The van der Waals surface area contributed by atoms with Crippen molar-refractivity contribution >= 4 is 11.3 Å². The minimum atomic E-state index is 0.655. The third kappa shape index (κ3) is 3.63. The lowest BCUT2D eigenvalue weighted by Crippen LogP contribution is -2.40. The van der Waals surface area contributed by atoms with Gasteiger partial charge in [0, 0.05) is 30.1 Å². The number of hydrogen-bond acceptors (Lipinski definition) is 4. The molecule has 1 saturated carbocycles. The molecule has 0 unspecified atom stereocenters. The molecule has 0 radical (unpaired) electrons. The summed E-state index contributed by atoms with van der Waals surface area (Å²) in [5.41, 5.74) is 2.54. The molecule has 0 atom stereocenters. The summed E-state index contributed by atoms with van der Waals surface area (Å²) in [4.78, 5) is 4.50. The third-order valence-electron chi connectivity index (χ3n) is 4.14. The molecule has 3 nitrogen and oxygen atoms in total. The zero-order valence-corrected chi connectivity index (χ0v) is 13.5. The topological polar surface area (TPSA) is 34.1 Å². The number of nitrogens with zero attached hydrogens (tertiary/aromatic N) is 1. The molecule has 0 spiro atoms. The fourth-order valence-electron chi connectivity index (χ4n) is 2.85. The highest BCUT2D eigenvalue weighted by Gasteiger charge is 2.29. The number of thiazole rings is 1. The Bertz CT molecular complexity index is 590. The second kappa shape index (κ2) is 6.58. The van der Waals surface area contributed by atoms with Crippen LogP contribution in [0.15, 0.2) is 29.6 Å². The van der Waals surface area contributed by atoms with Crippen molar-refractivity contribution in [3.8, 4) is 5.75 Å². The Balaban J connectivity index is 1.41. The second-order valence-electron chi connectivity index (χ2n) is 5.73. The molecule has 0 saturated heterocycles. The van der Waals surface area contributed by atoms with E-state index in [4.69, 9.17) is 4.74 Å². The van der Waals surface area contributed by atoms with Crippen LogP contribution in [-0.2, 0) is 6.42 Å². The number of hydrogen-bond donors (Lipinski definition) is 1. The standard InChI is InChI=1S/C17H22N2OS/c1-12-11-21-17(19-12)6-7-18-15-8-14(9-15)13-4-3-5-16(10-13)20-2/h3-5,10-11,14-15,18H,6-9H2,1-2H3. The lowest BCUT2D eigenvalue weighted by molar-refractivity contribution is 0.292. The number of ether oxygens (including phenoxy) is 1. The number of nitrogens with one attached hydrogen (secondary N) is 1. The lowest BCUT2D eigenvalue weighted by Gasteiger charge is -2.36. The highest BCUT2D eigenvalue weighted by atomic mass is 32.1. The average molecular weight is 302 g/mol. The van der Waals surface area contributed by atoms with Gasteiger partial charge in [-0.3, -0.25) is 0 Å². The Hall–Kier alpha value is -1.39. The van der Waals surface area contributed by atoms with Crippen molar-refractivity contribution in [2.24, 2.45) is 0 Å². The molecule has 0 bridgehead atoms. The van der Waals surface area contributed by atoms with Crippen molar-refractivity contribution in [1.82, 2.24) is 10.3 Å². The smallest absolute Gasteiger partial charge is 0.119 e. The number of methoxy groups -OCH3 is 1. The molecule has 1 heterocycles. The number of aromatic nitrogens is 1. The summed E-state index contributed by atoms with van der Waals surface area (Å²) in [7, 11) is 1.73. The van der Waals surface area contributed by atoms with E-state index in [1.807, 2.05) is 6.07 Å². The summed E-state index contributed by atoms with van der Waals surface area (Å²) >= 11 is 1.76. The zero-order chi connectivity index (χ0) is 14.7. The molecule has 112 valence electrons. The van der Waals surface area contributed by atoms with Gasteiger partial charge in [-0.2, -0.15) is 0 Å². The molecule has 1 aromatic carbocycles. The van der Waals surface area contributed by atoms with Gasteiger partial charge in [-0.05, 0) is 43.4 Å². The van der Waals surface area contributed by atoms with Crippen molar-refractivity contribution in [2.45, 2.75) is 38.1 Å². The molecule has 1 N–H and O–H groups in total. The van der Waals surface area contributed by atoms with Crippen LogP contribution in [0, 0.1) is 6.92 Å². The van der Waals surface area contributed by atoms with Crippen LogP contribution in [-0.4, -0.2) is 24.7 Å². The Morgan fingerprint density at radius 3 is 2.95 bits per heavy atom. The van der Waals surface area contributed by atoms with Gasteiger partial charge in [-0.1, -0.05) is 12.1 Å². The van der Waals surface area contributed by atoms with Gasteiger partial charge in [0.15, 0.2) is 0 Å². The van der Waals surface area contributed by atoms with Crippen LogP contribution in [0.3, 0.4) is 0 Å². The van der Waals surface area contributed by atoms with E-state index in [9.17, 15) is 0 Å². The summed E-state index contributed by atoms with van der Waals surface area (Å²) in [6.07, 6.45) is 3.49. The molecule has 1 aliphatic rings.